The normalized spacial score (nSPS) is 11.7. The molecule has 8 nitrogen and oxygen atoms in total. The lowest BCUT2D eigenvalue weighted by atomic mass is 10.1. The lowest BCUT2D eigenvalue weighted by Crippen LogP contribution is -2.39. The van der Waals surface area contributed by atoms with Crippen LogP contribution in [0.1, 0.15) is 22.2 Å². The Morgan fingerprint density at radius 3 is 2.55 bits per heavy atom. The highest BCUT2D eigenvalue weighted by Crippen LogP contribution is 2.36. The number of primary amides is 1. The second kappa shape index (κ2) is 8.23. The number of thiazole rings is 1. The molecule has 4 N–H and O–H groups in total. The van der Waals surface area contributed by atoms with E-state index in [0.717, 1.165) is 11.3 Å². The van der Waals surface area contributed by atoms with Crippen molar-refractivity contribution in [3.05, 3.63) is 58.9 Å². The number of halogens is 1. The Bertz CT molecular complexity index is 1050. The topological polar surface area (TPSA) is 124 Å². The minimum atomic E-state index is -0.810. The van der Waals surface area contributed by atoms with Crippen LogP contribution in [-0.4, -0.2) is 34.8 Å². The Balaban J connectivity index is 2.03. The summed E-state index contributed by atoms with van der Waals surface area (Å²) in [5.74, 6) is -1.11. The average molecular weight is 415 g/mol. The highest BCUT2D eigenvalue weighted by Gasteiger charge is 2.27. The third-order valence-electron chi connectivity index (χ3n) is 4.16. The van der Waals surface area contributed by atoms with Gasteiger partial charge in [0.15, 0.2) is 5.13 Å². The van der Waals surface area contributed by atoms with Crippen molar-refractivity contribution in [1.82, 2.24) is 9.97 Å². The molecule has 3 rings (SSSR count). The van der Waals surface area contributed by atoms with Crippen molar-refractivity contribution in [2.75, 3.05) is 17.7 Å². The molecule has 0 aliphatic carbocycles. The number of methoxy groups -OCH3 is 1. The first kappa shape index (κ1) is 20.2. The van der Waals surface area contributed by atoms with E-state index in [1.54, 1.807) is 6.92 Å². The van der Waals surface area contributed by atoms with Crippen LogP contribution in [0.25, 0.3) is 0 Å². The molecule has 3 aromatic rings. The van der Waals surface area contributed by atoms with E-state index in [1.165, 1.54) is 54.6 Å². The van der Waals surface area contributed by atoms with Gasteiger partial charge in [0.1, 0.15) is 22.6 Å². The van der Waals surface area contributed by atoms with Crippen molar-refractivity contribution in [2.45, 2.75) is 13.0 Å². The van der Waals surface area contributed by atoms with Crippen LogP contribution in [0, 0.1) is 5.82 Å². The van der Waals surface area contributed by atoms with Crippen molar-refractivity contribution in [3.63, 3.8) is 0 Å². The van der Waals surface area contributed by atoms with Crippen molar-refractivity contribution in [3.8, 4) is 5.88 Å². The fourth-order valence-electron chi connectivity index (χ4n) is 2.61. The summed E-state index contributed by atoms with van der Waals surface area (Å²) in [6.07, 6.45) is 1.45. The number of rotatable bonds is 7. The van der Waals surface area contributed by atoms with Gasteiger partial charge in [0, 0.05) is 23.5 Å². The Kier molecular flexibility index (Phi) is 5.74. The molecule has 0 bridgehead atoms. The highest BCUT2D eigenvalue weighted by atomic mass is 32.1. The van der Waals surface area contributed by atoms with Gasteiger partial charge in [0.05, 0.1) is 7.11 Å². The van der Waals surface area contributed by atoms with Crippen LogP contribution < -0.4 is 21.1 Å². The molecule has 29 heavy (non-hydrogen) atoms. The summed E-state index contributed by atoms with van der Waals surface area (Å²) in [7, 11) is 1.45. The number of anilines is 3. The second-order valence-electron chi connectivity index (χ2n) is 6.05. The maximum absolute atomic E-state index is 13.3. The SMILES string of the molecule is COc1cc(C(=O)c2sc(N(c3ccc(F)cc3)[C@H](C)C(N)=O)nc2N)ccn1. The van der Waals surface area contributed by atoms with Crippen LogP contribution in [0.2, 0.25) is 0 Å². The Hall–Kier alpha value is -3.53. The number of aromatic nitrogens is 2. The number of benzene rings is 1. The van der Waals surface area contributed by atoms with Gasteiger partial charge in [-0.15, -0.1) is 0 Å². The molecule has 0 saturated carbocycles. The molecule has 0 saturated heterocycles. The van der Waals surface area contributed by atoms with Crippen LogP contribution in [-0.2, 0) is 4.79 Å². The average Bonchev–Trinajstić information content (AvgIpc) is 3.10. The summed E-state index contributed by atoms with van der Waals surface area (Å²) in [4.78, 5) is 34.7. The molecule has 150 valence electrons. The number of hydrogen-bond acceptors (Lipinski definition) is 8. The van der Waals surface area contributed by atoms with Gasteiger partial charge >= 0.3 is 0 Å². The first-order valence-corrected chi connectivity index (χ1v) is 9.28. The summed E-state index contributed by atoms with van der Waals surface area (Å²) in [6, 6.07) is 7.70. The van der Waals surface area contributed by atoms with Gasteiger partial charge in [-0.2, -0.15) is 0 Å². The lowest BCUT2D eigenvalue weighted by Gasteiger charge is -2.26. The number of carbonyl (C=O) groups is 2. The quantitative estimate of drug-likeness (QED) is 0.568. The van der Waals surface area contributed by atoms with Crippen LogP contribution in [0.4, 0.5) is 21.0 Å². The molecule has 1 amide bonds. The molecular formula is C19H18FN5O3S. The third-order valence-corrected chi connectivity index (χ3v) is 5.23. The predicted octanol–water partition coefficient (Wildman–Crippen LogP) is 2.51. The molecule has 10 heteroatoms. The Morgan fingerprint density at radius 1 is 1.24 bits per heavy atom. The maximum atomic E-state index is 13.3. The molecule has 1 atom stereocenters. The zero-order valence-corrected chi connectivity index (χ0v) is 16.4. The highest BCUT2D eigenvalue weighted by molar-refractivity contribution is 7.18. The van der Waals surface area contributed by atoms with Crippen molar-refractivity contribution in [2.24, 2.45) is 5.73 Å². The van der Waals surface area contributed by atoms with Gasteiger partial charge in [0.2, 0.25) is 17.6 Å². The molecule has 0 unspecified atom stereocenters. The van der Waals surface area contributed by atoms with Crippen LogP contribution in [0.5, 0.6) is 5.88 Å². The smallest absolute Gasteiger partial charge is 0.240 e. The molecule has 1 aromatic carbocycles. The standard InChI is InChI=1S/C19H18FN5O3S/c1-10(18(22)27)25(13-5-3-12(20)4-6-13)19-24-17(21)16(29-19)15(26)11-7-8-23-14(9-11)28-2/h3-10H,21H2,1-2H3,(H2,22,27)/t10-/m1/s1. The molecular weight excluding hydrogens is 397 g/mol. The summed E-state index contributed by atoms with van der Waals surface area (Å²) in [5, 5.41) is 0.282. The summed E-state index contributed by atoms with van der Waals surface area (Å²) in [6.45, 7) is 1.58. The van der Waals surface area contributed by atoms with E-state index < -0.39 is 17.8 Å². The number of nitrogens with zero attached hydrogens (tertiary/aromatic N) is 3. The zero-order valence-electron chi connectivity index (χ0n) is 15.6. The van der Waals surface area contributed by atoms with E-state index in [9.17, 15) is 14.0 Å². The van der Waals surface area contributed by atoms with Gasteiger partial charge in [-0.05, 0) is 37.3 Å². The minimum Gasteiger partial charge on any atom is -0.481 e. The summed E-state index contributed by atoms with van der Waals surface area (Å²) < 4.78 is 18.4. The van der Waals surface area contributed by atoms with Crippen LogP contribution in [0.3, 0.4) is 0 Å². The van der Waals surface area contributed by atoms with Gasteiger partial charge in [-0.1, -0.05) is 11.3 Å². The fraction of sp³-hybridized carbons (Fsp3) is 0.158. The molecule has 2 aromatic heterocycles. The number of amides is 1. The van der Waals surface area contributed by atoms with Crippen LogP contribution >= 0.6 is 11.3 Å². The third kappa shape index (κ3) is 4.16. The van der Waals surface area contributed by atoms with Crippen molar-refractivity contribution < 1.29 is 18.7 Å². The van der Waals surface area contributed by atoms with E-state index in [-0.39, 0.29) is 27.5 Å². The van der Waals surface area contributed by atoms with Gasteiger partial charge in [-0.3, -0.25) is 9.59 Å². The molecule has 2 heterocycles. The van der Waals surface area contributed by atoms with Gasteiger partial charge < -0.3 is 21.1 Å². The molecule has 0 spiro atoms. The monoisotopic (exact) mass is 415 g/mol. The molecule has 0 fully saturated rings. The first-order chi connectivity index (χ1) is 13.8. The minimum absolute atomic E-state index is 0.00885. The zero-order chi connectivity index (χ0) is 21.1. The summed E-state index contributed by atoms with van der Waals surface area (Å²) in [5.41, 5.74) is 12.3. The van der Waals surface area contributed by atoms with Crippen LogP contribution in [0.15, 0.2) is 42.6 Å². The molecule has 0 radical (unpaired) electrons. The molecule has 0 aliphatic heterocycles. The Labute approximate surface area is 169 Å². The summed E-state index contributed by atoms with van der Waals surface area (Å²) >= 11 is 1.01. The largest absolute Gasteiger partial charge is 0.481 e. The number of nitrogens with two attached hydrogens (primary N) is 2. The number of nitrogen functional groups attached to an aromatic ring is 1. The van der Waals surface area contributed by atoms with E-state index in [4.69, 9.17) is 16.2 Å². The fourth-order valence-corrected chi connectivity index (χ4v) is 3.66. The van der Waals surface area contributed by atoms with Gasteiger partial charge in [-0.25, -0.2) is 14.4 Å². The second-order valence-corrected chi connectivity index (χ2v) is 7.03. The van der Waals surface area contributed by atoms with E-state index in [1.807, 2.05) is 0 Å². The predicted molar refractivity (Wildman–Crippen MR) is 108 cm³/mol. The lowest BCUT2D eigenvalue weighted by molar-refractivity contribution is -0.118. The molecule has 0 aliphatic rings. The van der Waals surface area contributed by atoms with E-state index in [2.05, 4.69) is 9.97 Å². The van der Waals surface area contributed by atoms with Crippen molar-refractivity contribution in [1.29, 1.82) is 0 Å². The van der Waals surface area contributed by atoms with Crippen molar-refractivity contribution >= 4 is 39.7 Å². The van der Waals surface area contributed by atoms with E-state index in [0.29, 0.717) is 11.3 Å². The number of ether oxygens (including phenoxy) is 1. The Morgan fingerprint density at radius 2 is 1.93 bits per heavy atom. The maximum Gasteiger partial charge on any atom is 0.240 e. The first-order valence-electron chi connectivity index (χ1n) is 8.47. The number of ketones is 1. The number of carbonyl (C=O) groups excluding carboxylic acids is 2. The van der Waals surface area contributed by atoms with E-state index >= 15 is 0 Å². The number of pyridine rings is 1. The van der Waals surface area contributed by atoms with Gasteiger partial charge in [0.25, 0.3) is 0 Å². The number of hydrogen-bond donors (Lipinski definition) is 2.